The molecule has 0 fully saturated rings. The van der Waals surface area contributed by atoms with Gasteiger partial charge in [-0.2, -0.15) is 4.72 Å². The van der Waals surface area contributed by atoms with Crippen LogP contribution in [0.25, 0.3) is 0 Å². The van der Waals surface area contributed by atoms with Crippen LogP contribution in [0.3, 0.4) is 0 Å². The maximum Gasteiger partial charge on any atom is 0.306 e. The molecule has 0 aliphatic carbocycles. The molecule has 156 valence electrons. The number of aryl methyl sites for hydroxylation is 1. The highest BCUT2D eigenvalue weighted by Crippen LogP contribution is 2.17. The van der Waals surface area contributed by atoms with E-state index in [9.17, 15) is 18.0 Å². The van der Waals surface area contributed by atoms with E-state index < -0.39 is 16.1 Å². The van der Waals surface area contributed by atoms with Gasteiger partial charge in [-0.25, -0.2) is 8.42 Å². The van der Waals surface area contributed by atoms with E-state index in [0.717, 1.165) is 22.9 Å². The Bertz CT molecular complexity index is 912. The van der Waals surface area contributed by atoms with Crippen LogP contribution in [0.4, 0.5) is 0 Å². The van der Waals surface area contributed by atoms with E-state index >= 15 is 0 Å². The first kappa shape index (κ1) is 23.1. The summed E-state index contributed by atoms with van der Waals surface area (Å²) in [6.45, 7) is 3.86. The van der Waals surface area contributed by atoms with Crippen LogP contribution >= 0.6 is 11.8 Å². The smallest absolute Gasteiger partial charge is 0.306 e. The second-order valence-electron chi connectivity index (χ2n) is 6.40. The molecule has 0 aliphatic rings. The molecule has 0 spiro atoms. The summed E-state index contributed by atoms with van der Waals surface area (Å²) in [7, 11) is -3.87. The minimum absolute atomic E-state index is 0.0903. The Balaban J connectivity index is 2.12. The van der Waals surface area contributed by atoms with Crippen LogP contribution in [0.15, 0.2) is 59.5 Å². The SMILES string of the molecule is CCOC(=O)CCSC(=O)[C@H](Cc1ccccc1)NS(=O)(=O)c1ccc(C)cc1. The third-order valence-corrected chi connectivity index (χ3v) is 6.52. The van der Waals surface area contributed by atoms with E-state index in [2.05, 4.69) is 4.72 Å². The molecule has 2 aromatic rings. The van der Waals surface area contributed by atoms with Crippen molar-refractivity contribution in [3.8, 4) is 0 Å². The number of carbonyl (C=O) groups is 2. The summed E-state index contributed by atoms with van der Waals surface area (Å²) >= 11 is 0.930. The highest BCUT2D eigenvalue weighted by Gasteiger charge is 2.26. The summed E-state index contributed by atoms with van der Waals surface area (Å²) in [5, 5.41) is -0.339. The normalized spacial score (nSPS) is 12.3. The molecule has 0 saturated carbocycles. The Hall–Kier alpha value is -2.16. The minimum atomic E-state index is -3.87. The third kappa shape index (κ3) is 7.64. The van der Waals surface area contributed by atoms with Gasteiger partial charge >= 0.3 is 5.97 Å². The fourth-order valence-corrected chi connectivity index (χ4v) is 4.65. The number of benzene rings is 2. The van der Waals surface area contributed by atoms with Crippen LogP contribution in [0.2, 0.25) is 0 Å². The molecule has 2 aromatic carbocycles. The van der Waals surface area contributed by atoms with E-state index in [4.69, 9.17) is 4.74 Å². The molecule has 6 nitrogen and oxygen atoms in total. The van der Waals surface area contributed by atoms with E-state index in [0.29, 0.717) is 0 Å². The topological polar surface area (TPSA) is 89.5 Å². The van der Waals surface area contributed by atoms with Crippen molar-refractivity contribution in [1.29, 1.82) is 0 Å². The maximum atomic E-state index is 12.8. The van der Waals surface area contributed by atoms with Crippen LogP contribution in [0.1, 0.15) is 24.5 Å². The Labute approximate surface area is 176 Å². The Morgan fingerprint density at radius 2 is 1.72 bits per heavy atom. The van der Waals surface area contributed by atoms with Gasteiger partial charge in [-0.05, 0) is 38.0 Å². The molecule has 0 radical (unpaired) electrons. The number of ether oxygens (including phenoxy) is 1. The van der Waals surface area contributed by atoms with Crippen LogP contribution in [0.5, 0.6) is 0 Å². The van der Waals surface area contributed by atoms with Gasteiger partial charge in [0.25, 0.3) is 0 Å². The van der Waals surface area contributed by atoms with Crippen molar-refractivity contribution >= 4 is 32.9 Å². The zero-order chi connectivity index (χ0) is 21.3. The maximum absolute atomic E-state index is 12.8. The second-order valence-corrected chi connectivity index (χ2v) is 9.21. The monoisotopic (exact) mass is 435 g/mol. The number of esters is 1. The molecule has 0 aliphatic heterocycles. The zero-order valence-electron chi connectivity index (χ0n) is 16.5. The fraction of sp³-hybridized carbons (Fsp3) is 0.333. The highest BCUT2D eigenvalue weighted by molar-refractivity contribution is 8.13. The Morgan fingerprint density at radius 3 is 2.34 bits per heavy atom. The second kappa shape index (κ2) is 11.1. The summed E-state index contributed by atoms with van der Waals surface area (Å²) < 4.78 is 32.9. The van der Waals surface area contributed by atoms with Gasteiger partial charge in [-0.3, -0.25) is 9.59 Å². The molecule has 1 atom stereocenters. The zero-order valence-corrected chi connectivity index (χ0v) is 18.1. The molecule has 29 heavy (non-hydrogen) atoms. The average Bonchev–Trinajstić information content (AvgIpc) is 2.68. The standard InChI is InChI=1S/C21H25NO5S2/c1-3-27-20(23)13-14-28-21(24)19(15-17-7-5-4-6-8-17)22-29(25,26)18-11-9-16(2)10-12-18/h4-12,19,22H,3,13-15H2,1-2H3/t19-/m0/s1. The van der Waals surface area contributed by atoms with Gasteiger partial charge in [0, 0.05) is 5.75 Å². The Morgan fingerprint density at radius 1 is 1.07 bits per heavy atom. The van der Waals surface area contributed by atoms with Crippen molar-refractivity contribution < 1.29 is 22.7 Å². The van der Waals surface area contributed by atoms with Crippen LogP contribution < -0.4 is 4.72 Å². The first-order valence-electron chi connectivity index (χ1n) is 9.27. The Kier molecular flexibility index (Phi) is 8.88. The lowest BCUT2D eigenvalue weighted by molar-refractivity contribution is -0.142. The largest absolute Gasteiger partial charge is 0.466 e. The van der Waals surface area contributed by atoms with Crippen molar-refractivity contribution in [3.63, 3.8) is 0 Å². The fourth-order valence-electron chi connectivity index (χ4n) is 2.56. The van der Waals surface area contributed by atoms with Gasteiger partial charge in [0.05, 0.1) is 24.0 Å². The number of hydrogen-bond acceptors (Lipinski definition) is 6. The van der Waals surface area contributed by atoms with Crippen molar-refractivity contribution in [2.75, 3.05) is 12.4 Å². The molecular weight excluding hydrogens is 410 g/mol. The highest BCUT2D eigenvalue weighted by atomic mass is 32.2. The van der Waals surface area contributed by atoms with Gasteiger partial charge in [0.2, 0.25) is 15.1 Å². The average molecular weight is 436 g/mol. The van der Waals surface area contributed by atoms with Crippen molar-refractivity contribution in [2.24, 2.45) is 0 Å². The van der Waals surface area contributed by atoms with Gasteiger partial charge in [-0.1, -0.05) is 59.8 Å². The van der Waals surface area contributed by atoms with Gasteiger partial charge in [0.15, 0.2) is 0 Å². The molecular formula is C21H25NO5S2. The van der Waals surface area contributed by atoms with E-state index in [1.165, 1.54) is 12.1 Å². The number of carbonyl (C=O) groups excluding carboxylic acids is 2. The predicted octanol–water partition coefficient (Wildman–Crippen LogP) is 3.10. The molecule has 0 heterocycles. The number of sulfonamides is 1. The summed E-state index contributed by atoms with van der Waals surface area (Å²) in [5.74, 6) is -0.150. The molecule has 8 heteroatoms. The van der Waals surface area contributed by atoms with Crippen molar-refractivity contribution in [1.82, 2.24) is 4.72 Å². The van der Waals surface area contributed by atoms with Gasteiger partial charge in [0.1, 0.15) is 0 Å². The summed E-state index contributed by atoms with van der Waals surface area (Å²) in [6, 6.07) is 14.7. The van der Waals surface area contributed by atoms with E-state index in [1.807, 2.05) is 37.3 Å². The van der Waals surface area contributed by atoms with Crippen molar-refractivity contribution in [3.05, 3.63) is 65.7 Å². The third-order valence-electron chi connectivity index (χ3n) is 4.05. The van der Waals surface area contributed by atoms with Crippen LogP contribution in [-0.4, -0.2) is 37.9 Å². The summed E-state index contributed by atoms with van der Waals surface area (Å²) in [6.07, 6.45) is 0.310. The summed E-state index contributed by atoms with van der Waals surface area (Å²) in [4.78, 5) is 24.3. The summed E-state index contributed by atoms with van der Waals surface area (Å²) in [5.41, 5.74) is 1.78. The van der Waals surface area contributed by atoms with E-state index in [1.54, 1.807) is 19.1 Å². The predicted molar refractivity (Wildman–Crippen MR) is 114 cm³/mol. The quantitative estimate of drug-likeness (QED) is 0.577. The number of hydrogen-bond donors (Lipinski definition) is 1. The lowest BCUT2D eigenvalue weighted by Crippen LogP contribution is -2.41. The molecule has 0 saturated heterocycles. The molecule has 0 aromatic heterocycles. The lowest BCUT2D eigenvalue weighted by Gasteiger charge is -2.18. The molecule has 2 rings (SSSR count). The lowest BCUT2D eigenvalue weighted by atomic mass is 10.1. The molecule has 0 unspecified atom stereocenters. The molecule has 0 amide bonds. The first-order valence-corrected chi connectivity index (χ1v) is 11.7. The number of nitrogens with one attached hydrogen (secondary N) is 1. The first-order chi connectivity index (χ1) is 13.8. The van der Waals surface area contributed by atoms with E-state index in [-0.39, 0.29) is 41.2 Å². The van der Waals surface area contributed by atoms with Crippen LogP contribution in [0, 0.1) is 6.92 Å². The molecule has 1 N–H and O–H groups in total. The van der Waals surface area contributed by atoms with Crippen molar-refractivity contribution in [2.45, 2.75) is 37.6 Å². The minimum Gasteiger partial charge on any atom is -0.466 e. The molecule has 0 bridgehead atoms. The van der Waals surface area contributed by atoms with Gasteiger partial charge < -0.3 is 4.74 Å². The number of thioether (sulfide) groups is 1. The van der Waals surface area contributed by atoms with Crippen LogP contribution in [-0.2, 0) is 30.8 Å². The number of rotatable bonds is 10. The van der Waals surface area contributed by atoms with Gasteiger partial charge in [-0.15, -0.1) is 0 Å².